The second-order valence-corrected chi connectivity index (χ2v) is 6.28. The quantitative estimate of drug-likeness (QED) is 0.888. The van der Waals surface area contributed by atoms with E-state index >= 15 is 0 Å². The lowest BCUT2D eigenvalue weighted by molar-refractivity contribution is -0.0597. The molecule has 3 heteroatoms. The third-order valence-electron chi connectivity index (χ3n) is 5.17. The molecule has 1 aromatic rings. The first kappa shape index (κ1) is 12.9. The Labute approximate surface area is 115 Å². The second kappa shape index (κ2) is 4.78. The molecule has 0 aromatic carbocycles. The molecule has 2 aliphatic rings. The predicted molar refractivity (Wildman–Crippen MR) is 77.3 cm³/mol. The van der Waals surface area contributed by atoms with Gasteiger partial charge in [-0.2, -0.15) is 0 Å². The average Bonchev–Trinajstić information content (AvgIpc) is 2.85. The molecule has 0 bridgehead atoms. The van der Waals surface area contributed by atoms with Gasteiger partial charge in [-0.25, -0.2) is 0 Å². The number of aliphatic hydroxyl groups is 1. The molecule has 2 heterocycles. The summed E-state index contributed by atoms with van der Waals surface area (Å²) >= 11 is 0. The van der Waals surface area contributed by atoms with Gasteiger partial charge in [0.15, 0.2) is 0 Å². The fourth-order valence-corrected chi connectivity index (χ4v) is 4.01. The summed E-state index contributed by atoms with van der Waals surface area (Å²) in [4.78, 5) is 6.71. The normalized spacial score (nSPS) is 34.4. The molecule has 3 nitrogen and oxygen atoms in total. The van der Waals surface area contributed by atoms with Crippen molar-refractivity contribution < 1.29 is 5.11 Å². The monoisotopic (exact) mass is 260 g/mol. The van der Waals surface area contributed by atoms with Crippen LogP contribution in [0.4, 0.5) is 5.69 Å². The van der Waals surface area contributed by atoms with E-state index < -0.39 is 5.60 Å². The van der Waals surface area contributed by atoms with Crippen molar-refractivity contribution in [1.82, 2.24) is 4.98 Å². The van der Waals surface area contributed by atoms with Gasteiger partial charge >= 0.3 is 0 Å². The third kappa shape index (κ3) is 2.25. The molecular formula is C16H24N2O. The maximum absolute atomic E-state index is 10.8. The van der Waals surface area contributed by atoms with Crippen LogP contribution in [0.1, 0.15) is 38.3 Å². The zero-order valence-corrected chi connectivity index (χ0v) is 12.0. The van der Waals surface area contributed by atoms with Gasteiger partial charge in [-0.1, -0.05) is 13.3 Å². The molecule has 104 valence electrons. The summed E-state index contributed by atoms with van der Waals surface area (Å²) in [6.07, 6.45) is 6.20. The standard InChI is InChI=1S/C16H24N2O/c1-3-16(19)7-4-5-13-10-18(11-15(13)16)14-6-8-17-12(2)9-14/h6,8-9,13,15,19H,3-5,7,10-11H2,1-2H3/t13-,15+,16-/m1/s1. The maximum Gasteiger partial charge on any atom is 0.0693 e. The molecule has 1 N–H and O–H groups in total. The van der Waals surface area contributed by atoms with Gasteiger partial charge in [-0.15, -0.1) is 0 Å². The minimum Gasteiger partial charge on any atom is -0.390 e. The number of fused-ring (bicyclic) bond motifs is 1. The van der Waals surface area contributed by atoms with Crippen molar-refractivity contribution in [2.75, 3.05) is 18.0 Å². The first-order valence-corrected chi connectivity index (χ1v) is 7.52. The van der Waals surface area contributed by atoms with Crippen LogP contribution in [-0.2, 0) is 0 Å². The van der Waals surface area contributed by atoms with E-state index in [2.05, 4.69) is 28.9 Å². The Morgan fingerprint density at radius 2 is 2.32 bits per heavy atom. The molecule has 19 heavy (non-hydrogen) atoms. The summed E-state index contributed by atoms with van der Waals surface area (Å²) in [5, 5.41) is 10.8. The fourth-order valence-electron chi connectivity index (χ4n) is 4.01. The molecule has 2 fully saturated rings. The Bertz CT molecular complexity index is 462. The van der Waals surface area contributed by atoms with Crippen LogP contribution in [0, 0.1) is 18.8 Å². The number of anilines is 1. The second-order valence-electron chi connectivity index (χ2n) is 6.28. The maximum atomic E-state index is 10.8. The van der Waals surface area contributed by atoms with Crippen molar-refractivity contribution in [3.8, 4) is 0 Å². The smallest absolute Gasteiger partial charge is 0.0693 e. The van der Waals surface area contributed by atoms with Crippen LogP contribution in [0.25, 0.3) is 0 Å². The molecule has 1 saturated carbocycles. The highest BCUT2D eigenvalue weighted by atomic mass is 16.3. The van der Waals surface area contributed by atoms with E-state index in [1.807, 2.05) is 13.1 Å². The van der Waals surface area contributed by atoms with Gasteiger partial charge in [-0.05, 0) is 44.2 Å². The molecule has 1 aromatic heterocycles. The molecule has 1 aliphatic carbocycles. The Balaban J connectivity index is 1.82. The first-order chi connectivity index (χ1) is 9.12. The van der Waals surface area contributed by atoms with Crippen molar-refractivity contribution in [1.29, 1.82) is 0 Å². The molecular weight excluding hydrogens is 236 g/mol. The van der Waals surface area contributed by atoms with E-state index in [0.29, 0.717) is 11.8 Å². The van der Waals surface area contributed by atoms with Crippen LogP contribution in [-0.4, -0.2) is 28.8 Å². The number of aromatic nitrogens is 1. The minimum absolute atomic E-state index is 0.431. The first-order valence-electron chi connectivity index (χ1n) is 7.52. The number of hydrogen-bond donors (Lipinski definition) is 1. The van der Waals surface area contributed by atoms with Crippen LogP contribution < -0.4 is 4.90 Å². The Morgan fingerprint density at radius 1 is 1.47 bits per heavy atom. The van der Waals surface area contributed by atoms with Gasteiger partial charge in [0.1, 0.15) is 0 Å². The van der Waals surface area contributed by atoms with Gasteiger partial charge in [0.2, 0.25) is 0 Å². The van der Waals surface area contributed by atoms with Crippen LogP contribution in [0.15, 0.2) is 18.3 Å². The molecule has 3 rings (SSSR count). The Morgan fingerprint density at radius 3 is 3.05 bits per heavy atom. The van der Waals surface area contributed by atoms with Crippen molar-refractivity contribution in [2.24, 2.45) is 11.8 Å². The number of pyridine rings is 1. The fraction of sp³-hybridized carbons (Fsp3) is 0.688. The summed E-state index contributed by atoms with van der Waals surface area (Å²) in [5.41, 5.74) is 1.90. The van der Waals surface area contributed by atoms with Crippen molar-refractivity contribution in [3.63, 3.8) is 0 Å². The van der Waals surface area contributed by atoms with Crippen molar-refractivity contribution >= 4 is 5.69 Å². The van der Waals surface area contributed by atoms with E-state index in [9.17, 15) is 5.11 Å². The van der Waals surface area contributed by atoms with Crippen LogP contribution in [0.3, 0.4) is 0 Å². The largest absolute Gasteiger partial charge is 0.390 e. The number of rotatable bonds is 2. The molecule has 0 unspecified atom stereocenters. The lowest BCUT2D eigenvalue weighted by Gasteiger charge is -2.40. The summed E-state index contributed by atoms with van der Waals surface area (Å²) < 4.78 is 0. The zero-order chi connectivity index (χ0) is 13.5. The van der Waals surface area contributed by atoms with Crippen molar-refractivity contribution in [3.05, 3.63) is 24.0 Å². The lowest BCUT2D eigenvalue weighted by Crippen LogP contribution is -2.44. The molecule has 0 amide bonds. The van der Waals surface area contributed by atoms with Gasteiger partial charge in [-0.3, -0.25) is 4.98 Å². The summed E-state index contributed by atoms with van der Waals surface area (Å²) in [6.45, 7) is 6.26. The molecule has 0 radical (unpaired) electrons. The molecule has 3 atom stereocenters. The predicted octanol–water partition coefficient (Wildman–Crippen LogP) is 2.77. The summed E-state index contributed by atoms with van der Waals surface area (Å²) in [5.74, 6) is 1.10. The molecule has 1 saturated heterocycles. The third-order valence-corrected chi connectivity index (χ3v) is 5.17. The number of nitrogens with zero attached hydrogens (tertiary/aromatic N) is 2. The van der Waals surface area contributed by atoms with Gasteiger partial charge in [0.25, 0.3) is 0 Å². The van der Waals surface area contributed by atoms with Gasteiger partial charge in [0, 0.05) is 36.6 Å². The highest BCUT2D eigenvalue weighted by Gasteiger charge is 2.47. The summed E-state index contributed by atoms with van der Waals surface area (Å²) in [6, 6.07) is 4.25. The average molecular weight is 260 g/mol. The number of aryl methyl sites for hydroxylation is 1. The lowest BCUT2D eigenvalue weighted by atomic mass is 9.69. The summed E-state index contributed by atoms with van der Waals surface area (Å²) in [7, 11) is 0. The van der Waals surface area contributed by atoms with Crippen LogP contribution >= 0.6 is 0 Å². The highest BCUT2D eigenvalue weighted by Crippen LogP contribution is 2.45. The van der Waals surface area contributed by atoms with Gasteiger partial charge < -0.3 is 10.0 Å². The van der Waals surface area contributed by atoms with Crippen LogP contribution in [0.2, 0.25) is 0 Å². The van der Waals surface area contributed by atoms with E-state index in [1.54, 1.807) is 0 Å². The van der Waals surface area contributed by atoms with E-state index in [4.69, 9.17) is 0 Å². The molecule has 0 spiro atoms. The van der Waals surface area contributed by atoms with Crippen molar-refractivity contribution in [2.45, 2.75) is 45.1 Å². The van der Waals surface area contributed by atoms with Gasteiger partial charge in [0.05, 0.1) is 5.60 Å². The molecule has 1 aliphatic heterocycles. The van der Waals surface area contributed by atoms with E-state index in [1.165, 1.54) is 18.5 Å². The van der Waals surface area contributed by atoms with E-state index in [0.717, 1.165) is 31.6 Å². The Kier molecular flexibility index (Phi) is 3.25. The zero-order valence-electron chi connectivity index (χ0n) is 12.0. The van der Waals surface area contributed by atoms with Crippen LogP contribution in [0.5, 0.6) is 0 Å². The van der Waals surface area contributed by atoms with E-state index in [-0.39, 0.29) is 0 Å². The topological polar surface area (TPSA) is 36.4 Å². The Hall–Kier alpha value is -1.09. The SMILES string of the molecule is CC[C@@]1(O)CCC[C@@H]2CN(c3ccnc(C)c3)C[C@@H]21. The number of hydrogen-bond acceptors (Lipinski definition) is 3. The highest BCUT2D eigenvalue weighted by molar-refractivity contribution is 5.48. The minimum atomic E-state index is -0.431.